The molecule has 1 fully saturated rings. The number of benzene rings is 2. The molecule has 34 heavy (non-hydrogen) atoms. The van der Waals surface area contributed by atoms with Gasteiger partial charge in [0.1, 0.15) is 5.25 Å². The van der Waals surface area contributed by atoms with Crippen LogP contribution in [0.2, 0.25) is 0 Å². The number of ether oxygens (including phenoxy) is 1. The van der Waals surface area contributed by atoms with Gasteiger partial charge in [-0.1, -0.05) is 66.7 Å². The molecule has 7 nitrogen and oxygen atoms in total. The molecule has 4 rings (SSSR count). The van der Waals surface area contributed by atoms with Gasteiger partial charge in [0.05, 0.1) is 18.8 Å². The Bertz CT molecular complexity index is 1170. The Morgan fingerprint density at radius 2 is 1.74 bits per heavy atom. The molecule has 1 aliphatic carbocycles. The Morgan fingerprint density at radius 3 is 2.35 bits per heavy atom. The molecule has 0 saturated carbocycles. The van der Waals surface area contributed by atoms with Gasteiger partial charge in [-0.2, -0.15) is 0 Å². The summed E-state index contributed by atoms with van der Waals surface area (Å²) < 4.78 is 29.4. The molecule has 3 N–H and O–H groups in total. The van der Waals surface area contributed by atoms with Gasteiger partial charge in [0.2, 0.25) is 10.0 Å². The maximum atomic E-state index is 11.8. The van der Waals surface area contributed by atoms with Crippen LogP contribution in [0.3, 0.4) is 0 Å². The number of allylic oxidation sites excluding steroid dienone is 2. The number of piperidine rings is 1. The molecule has 1 saturated heterocycles. The van der Waals surface area contributed by atoms with E-state index in [1.165, 1.54) is 23.3 Å². The highest BCUT2D eigenvalue weighted by atomic mass is 32.2. The molecular weight excluding hydrogens is 452 g/mol. The van der Waals surface area contributed by atoms with Gasteiger partial charge in [-0.05, 0) is 54.1 Å². The number of carboxylic acids is 1. The zero-order chi connectivity index (χ0) is 24.1. The number of nitrogens with zero attached hydrogens (tertiary/aromatic N) is 1. The van der Waals surface area contributed by atoms with Crippen LogP contribution in [0.4, 0.5) is 0 Å². The molecule has 1 atom stereocenters. The van der Waals surface area contributed by atoms with E-state index in [1.54, 1.807) is 0 Å². The molecule has 2 aliphatic rings. The third kappa shape index (κ3) is 5.82. The number of nitrogens with two attached hydrogens (primary N) is 1. The fourth-order valence-corrected chi connectivity index (χ4v) is 5.52. The first-order valence-electron chi connectivity index (χ1n) is 11.4. The number of carbonyl (C=O) groups is 1. The molecule has 1 unspecified atom stereocenters. The predicted octanol–water partition coefficient (Wildman–Crippen LogP) is 3.15. The second kappa shape index (κ2) is 10.7. The molecule has 0 radical (unpaired) electrons. The first-order valence-corrected chi connectivity index (χ1v) is 13.1. The van der Waals surface area contributed by atoms with Crippen molar-refractivity contribution in [2.24, 2.45) is 5.14 Å². The quantitative estimate of drug-likeness (QED) is 0.532. The van der Waals surface area contributed by atoms with Crippen molar-refractivity contribution in [1.29, 1.82) is 0 Å². The van der Waals surface area contributed by atoms with Crippen LogP contribution in [0, 0.1) is 0 Å². The lowest BCUT2D eigenvalue weighted by Gasteiger charge is -2.32. The smallest absolute Gasteiger partial charge is 0.333 e. The van der Waals surface area contributed by atoms with E-state index in [2.05, 4.69) is 17.0 Å². The number of primary sulfonamides is 1. The summed E-state index contributed by atoms with van der Waals surface area (Å²) in [5.74, 6) is -0.831. The van der Waals surface area contributed by atoms with E-state index in [4.69, 9.17) is 9.88 Å². The van der Waals surface area contributed by atoms with E-state index in [1.807, 2.05) is 42.5 Å². The van der Waals surface area contributed by atoms with E-state index in [0.29, 0.717) is 30.3 Å². The van der Waals surface area contributed by atoms with Crippen molar-refractivity contribution in [3.63, 3.8) is 0 Å². The van der Waals surface area contributed by atoms with Gasteiger partial charge in [0.25, 0.3) is 0 Å². The Hall–Kier alpha value is -2.78. The molecule has 0 spiro atoms. The molecule has 1 aliphatic heterocycles. The summed E-state index contributed by atoms with van der Waals surface area (Å²) in [6.45, 7) is 4.28. The SMILES string of the molecule is NS(=O)(=O)C1C=CC(c2ccc(C3CCN(CCOCc4ccccc4)CC3)cc2)=C1C(=O)O. The van der Waals surface area contributed by atoms with Gasteiger partial charge >= 0.3 is 5.97 Å². The Labute approximate surface area is 200 Å². The van der Waals surface area contributed by atoms with E-state index in [-0.39, 0.29) is 5.57 Å². The number of rotatable bonds is 9. The number of sulfonamides is 1. The molecule has 0 amide bonds. The number of hydrogen-bond acceptors (Lipinski definition) is 5. The largest absolute Gasteiger partial charge is 0.478 e. The number of likely N-dealkylation sites (tertiary alicyclic amines) is 1. The summed E-state index contributed by atoms with van der Waals surface area (Å²) in [6.07, 6.45) is 4.97. The maximum absolute atomic E-state index is 11.8. The monoisotopic (exact) mass is 482 g/mol. The van der Waals surface area contributed by atoms with E-state index in [0.717, 1.165) is 32.5 Å². The standard InChI is InChI=1S/C26H30N2O5S/c27-34(31,32)24-11-10-23(25(24)26(29)30)22-8-6-20(7-9-22)21-12-14-28(15-13-21)16-17-33-18-19-4-2-1-3-5-19/h1-11,21,24H,12-18H2,(H,29,30)(H2,27,31,32). The van der Waals surface area contributed by atoms with E-state index >= 15 is 0 Å². The first kappa shape index (κ1) is 24.3. The highest BCUT2D eigenvalue weighted by Crippen LogP contribution is 2.34. The van der Waals surface area contributed by atoms with Gasteiger partial charge in [-0.3, -0.25) is 0 Å². The van der Waals surface area contributed by atoms with Crippen LogP contribution in [0.1, 0.15) is 35.4 Å². The number of aliphatic carboxylic acids is 1. The minimum Gasteiger partial charge on any atom is -0.478 e. The van der Waals surface area contributed by atoms with Crippen LogP contribution in [-0.4, -0.2) is 55.9 Å². The molecule has 180 valence electrons. The summed E-state index contributed by atoms with van der Waals surface area (Å²) in [4.78, 5) is 14.1. The Balaban J connectivity index is 1.31. The molecule has 0 aromatic heterocycles. The molecular formula is C26H30N2O5S. The van der Waals surface area contributed by atoms with Gasteiger partial charge in [0, 0.05) is 6.54 Å². The van der Waals surface area contributed by atoms with Crippen LogP contribution < -0.4 is 5.14 Å². The van der Waals surface area contributed by atoms with Gasteiger partial charge in [0.15, 0.2) is 0 Å². The average Bonchev–Trinajstić information content (AvgIpc) is 3.30. The fourth-order valence-electron chi connectivity index (χ4n) is 4.67. The van der Waals surface area contributed by atoms with Crippen molar-refractivity contribution in [2.75, 3.05) is 26.2 Å². The maximum Gasteiger partial charge on any atom is 0.333 e. The lowest BCUT2D eigenvalue weighted by molar-refractivity contribution is -0.132. The number of hydrogen-bond donors (Lipinski definition) is 2. The molecule has 1 heterocycles. The summed E-state index contributed by atoms with van der Waals surface area (Å²) in [7, 11) is -4.03. The number of carboxylic acid groups (broad SMARTS) is 1. The van der Waals surface area contributed by atoms with Crippen molar-refractivity contribution in [3.8, 4) is 0 Å². The lowest BCUT2D eigenvalue weighted by atomic mass is 9.88. The predicted molar refractivity (Wildman–Crippen MR) is 132 cm³/mol. The zero-order valence-corrected chi connectivity index (χ0v) is 19.8. The Kier molecular flexibility index (Phi) is 7.63. The minimum absolute atomic E-state index is 0.196. The summed E-state index contributed by atoms with van der Waals surface area (Å²) in [6, 6.07) is 17.9. The summed E-state index contributed by atoms with van der Waals surface area (Å²) in [5.41, 5.74) is 3.27. The highest BCUT2D eigenvalue weighted by molar-refractivity contribution is 7.90. The summed E-state index contributed by atoms with van der Waals surface area (Å²) >= 11 is 0. The topological polar surface area (TPSA) is 110 Å². The van der Waals surface area contributed by atoms with Crippen molar-refractivity contribution >= 4 is 21.6 Å². The van der Waals surface area contributed by atoms with Crippen LogP contribution in [0.5, 0.6) is 0 Å². The average molecular weight is 483 g/mol. The van der Waals surface area contributed by atoms with Crippen LogP contribution in [0.25, 0.3) is 5.57 Å². The minimum atomic E-state index is -4.03. The second-order valence-corrected chi connectivity index (χ2v) is 10.5. The molecule has 0 bridgehead atoms. The van der Waals surface area contributed by atoms with Crippen LogP contribution in [0.15, 0.2) is 72.3 Å². The second-order valence-electron chi connectivity index (χ2n) is 8.78. The van der Waals surface area contributed by atoms with Crippen molar-refractivity contribution in [1.82, 2.24) is 4.90 Å². The summed E-state index contributed by atoms with van der Waals surface area (Å²) in [5, 5.41) is 13.5. The normalized spacial score (nSPS) is 19.6. The van der Waals surface area contributed by atoms with E-state index < -0.39 is 21.2 Å². The fraction of sp³-hybridized carbons (Fsp3) is 0.346. The van der Waals surface area contributed by atoms with Crippen molar-refractivity contribution in [2.45, 2.75) is 30.6 Å². The molecule has 2 aromatic carbocycles. The highest BCUT2D eigenvalue weighted by Gasteiger charge is 2.34. The van der Waals surface area contributed by atoms with Gasteiger partial charge < -0.3 is 14.7 Å². The molecule has 8 heteroatoms. The van der Waals surface area contributed by atoms with Gasteiger partial charge in [-0.15, -0.1) is 0 Å². The van der Waals surface area contributed by atoms with Crippen molar-refractivity contribution < 1.29 is 23.1 Å². The van der Waals surface area contributed by atoms with Crippen LogP contribution >= 0.6 is 0 Å². The first-order chi connectivity index (χ1) is 16.3. The Morgan fingerprint density at radius 1 is 1.06 bits per heavy atom. The zero-order valence-electron chi connectivity index (χ0n) is 19.0. The third-order valence-electron chi connectivity index (χ3n) is 6.54. The van der Waals surface area contributed by atoms with Crippen LogP contribution in [-0.2, 0) is 26.2 Å². The van der Waals surface area contributed by atoms with Crippen molar-refractivity contribution in [3.05, 3.63) is 89.0 Å². The van der Waals surface area contributed by atoms with Gasteiger partial charge in [-0.25, -0.2) is 18.4 Å². The molecule has 2 aromatic rings. The third-order valence-corrected chi connectivity index (χ3v) is 7.64. The lowest BCUT2D eigenvalue weighted by Crippen LogP contribution is -2.35. The van der Waals surface area contributed by atoms with E-state index in [9.17, 15) is 18.3 Å².